The molecular weight excluding hydrogens is 699 g/mol. The van der Waals surface area contributed by atoms with Crippen molar-refractivity contribution >= 4 is 17.3 Å². The van der Waals surface area contributed by atoms with E-state index in [0.717, 1.165) is 86.7 Å². The third-order valence-corrected chi connectivity index (χ3v) is 9.82. The fourth-order valence-corrected chi connectivity index (χ4v) is 6.49. The van der Waals surface area contributed by atoms with E-state index in [-0.39, 0.29) is 17.6 Å². The number of pyridine rings is 1. The van der Waals surface area contributed by atoms with Crippen LogP contribution in [-0.4, -0.2) is 105 Å². The number of benzene rings is 2. The summed E-state index contributed by atoms with van der Waals surface area (Å²) >= 11 is 0. The highest BCUT2D eigenvalue weighted by Gasteiger charge is 2.38. The van der Waals surface area contributed by atoms with Gasteiger partial charge in [-0.2, -0.15) is 5.10 Å². The molecule has 298 valence electrons. The van der Waals surface area contributed by atoms with Crippen LogP contribution in [0.2, 0.25) is 0 Å². The van der Waals surface area contributed by atoms with Crippen LogP contribution in [0.15, 0.2) is 73.1 Å². The van der Waals surface area contributed by atoms with Crippen LogP contribution in [0.25, 0.3) is 11.4 Å². The number of methoxy groups -OCH3 is 1. The zero-order chi connectivity index (χ0) is 38.6. The third kappa shape index (κ3) is 13.9. The number of rotatable bonds is 25. The first-order valence-corrected chi connectivity index (χ1v) is 19.6. The third-order valence-electron chi connectivity index (χ3n) is 9.82. The Hall–Kier alpha value is -4.56. The fraction of sp³-hybridized carbons (Fsp3) is 0.524. The van der Waals surface area contributed by atoms with Crippen molar-refractivity contribution in [2.45, 2.75) is 69.9 Å². The van der Waals surface area contributed by atoms with Crippen LogP contribution in [0.1, 0.15) is 75.7 Å². The average molecular weight is 758 g/mol. The minimum atomic E-state index is -0.358. The number of likely N-dealkylation sites (tertiary alicyclic amines) is 1. The number of aromatic amines is 1. The molecule has 1 atom stereocenters. The summed E-state index contributed by atoms with van der Waals surface area (Å²) in [7, 11) is 3.56. The van der Waals surface area contributed by atoms with E-state index in [1.54, 1.807) is 12.4 Å². The highest BCUT2D eigenvalue weighted by Crippen LogP contribution is 2.36. The van der Waals surface area contributed by atoms with Crippen molar-refractivity contribution in [3.63, 3.8) is 0 Å². The second kappa shape index (κ2) is 22.7. The average Bonchev–Trinajstić information content (AvgIpc) is 3.72. The Morgan fingerprint density at radius 3 is 2.20 bits per heavy atom. The van der Waals surface area contributed by atoms with E-state index in [2.05, 4.69) is 98.0 Å². The largest absolute Gasteiger partial charge is 0.494 e. The number of nitrogens with zero attached hydrogens (tertiary/aromatic N) is 4. The lowest BCUT2D eigenvalue weighted by Crippen LogP contribution is -2.46. The summed E-state index contributed by atoms with van der Waals surface area (Å²) in [6.45, 7) is 8.23. The van der Waals surface area contributed by atoms with Crippen molar-refractivity contribution in [3.05, 3.63) is 84.4 Å². The topological polar surface area (TPSA) is 145 Å². The van der Waals surface area contributed by atoms with Gasteiger partial charge in [0.1, 0.15) is 5.75 Å². The Balaban J connectivity index is 0.965. The predicted molar refractivity (Wildman–Crippen MR) is 214 cm³/mol. The van der Waals surface area contributed by atoms with Gasteiger partial charge in [0, 0.05) is 68.1 Å². The second-order valence-electron chi connectivity index (χ2n) is 14.0. The number of hydrogen-bond acceptors (Lipinski definition) is 12. The van der Waals surface area contributed by atoms with E-state index in [4.69, 9.17) is 23.9 Å². The molecule has 0 bridgehead atoms. The predicted octanol–water partition coefficient (Wildman–Crippen LogP) is 7.02. The van der Waals surface area contributed by atoms with E-state index in [1.807, 2.05) is 12.1 Å². The van der Waals surface area contributed by atoms with Gasteiger partial charge in [-0.05, 0) is 101 Å². The normalized spacial score (nSPS) is 14.7. The van der Waals surface area contributed by atoms with Crippen molar-refractivity contribution in [3.8, 4) is 17.1 Å². The van der Waals surface area contributed by atoms with Crippen molar-refractivity contribution < 1.29 is 28.5 Å². The number of piperidine rings is 1. The standard InChI is InChI=1S/C42H59N7O6/c1-33(34-13-15-38(16-14-34)55-27-7-5-4-6-25-52-28-30-54-31-29-53-26-9-12-39(50)51-3)44-36-10-8-11-37(32-36)46-42(19-23-49(2)24-20-42)41-45-40(47-48-41)35-17-21-43-22-18-35/h8,10-11,13-18,21-22,32-33,44,46H,4-7,9,12,19-20,23-31H2,1-3H3,(H,45,47,48)/t33-/m1/s1. The zero-order valence-electron chi connectivity index (χ0n) is 32.8. The van der Waals surface area contributed by atoms with E-state index in [9.17, 15) is 4.79 Å². The highest BCUT2D eigenvalue weighted by atomic mass is 16.5. The lowest BCUT2D eigenvalue weighted by molar-refractivity contribution is -0.141. The van der Waals surface area contributed by atoms with Gasteiger partial charge in [-0.25, -0.2) is 4.98 Å². The zero-order valence-corrected chi connectivity index (χ0v) is 32.8. The molecule has 3 N–H and O–H groups in total. The van der Waals surface area contributed by atoms with E-state index >= 15 is 0 Å². The van der Waals surface area contributed by atoms with Crippen molar-refractivity contribution in [1.29, 1.82) is 0 Å². The molecule has 2 aromatic heterocycles. The number of anilines is 2. The molecule has 1 aliphatic heterocycles. The number of carbonyl (C=O) groups excluding carboxylic acids is 1. The SMILES string of the molecule is COC(=O)CCCOCCOCCOCCCCCCOc1ccc([C@@H](C)Nc2cccc(NC3(c4nc(-c5ccncc5)n[nH]4)CCN(C)CC3)c2)cc1. The lowest BCUT2D eigenvalue weighted by Gasteiger charge is -2.40. The van der Waals surface area contributed by atoms with Gasteiger partial charge >= 0.3 is 5.97 Å². The molecule has 0 radical (unpaired) electrons. The van der Waals surface area contributed by atoms with Gasteiger partial charge in [0.05, 0.1) is 45.7 Å². The van der Waals surface area contributed by atoms with Gasteiger partial charge < -0.3 is 39.2 Å². The lowest BCUT2D eigenvalue weighted by atomic mass is 9.86. The van der Waals surface area contributed by atoms with Crippen molar-refractivity contribution in [2.75, 3.05) is 84.1 Å². The van der Waals surface area contributed by atoms with Gasteiger partial charge in [0.25, 0.3) is 0 Å². The quantitative estimate of drug-likeness (QED) is 0.0472. The van der Waals surface area contributed by atoms with Gasteiger partial charge in [-0.3, -0.25) is 14.9 Å². The maximum atomic E-state index is 11.0. The smallest absolute Gasteiger partial charge is 0.305 e. The van der Waals surface area contributed by atoms with Crippen LogP contribution in [0.5, 0.6) is 5.75 Å². The molecule has 13 nitrogen and oxygen atoms in total. The van der Waals surface area contributed by atoms with E-state index < -0.39 is 0 Å². The summed E-state index contributed by atoms with van der Waals surface area (Å²) in [5, 5.41) is 15.4. The fourth-order valence-electron chi connectivity index (χ4n) is 6.49. The number of esters is 1. The van der Waals surface area contributed by atoms with E-state index in [0.29, 0.717) is 58.3 Å². The number of ether oxygens (including phenoxy) is 5. The van der Waals surface area contributed by atoms with Crippen LogP contribution in [0, 0.1) is 0 Å². The highest BCUT2D eigenvalue weighted by molar-refractivity contribution is 5.69. The molecule has 0 amide bonds. The summed E-state index contributed by atoms with van der Waals surface area (Å²) in [5.41, 5.74) is 3.85. The minimum absolute atomic E-state index is 0.108. The minimum Gasteiger partial charge on any atom is -0.494 e. The number of carbonyl (C=O) groups is 1. The number of hydrogen-bond donors (Lipinski definition) is 3. The van der Waals surface area contributed by atoms with Gasteiger partial charge in [-0.1, -0.05) is 24.6 Å². The molecule has 1 aliphatic rings. The molecule has 0 spiro atoms. The number of aromatic nitrogens is 4. The first kappa shape index (κ1) is 41.6. The number of nitrogens with one attached hydrogen (secondary N) is 3. The maximum Gasteiger partial charge on any atom is 0.305 e. The summed E-state index contributed by atoms with van der Waals surface area (Å²) in [6, 6.07) is 20.8. The second-order valence-corrected chi connectivity index (χ2v) is 14.0. The molecule has 1 saturated heterocycles. The number of unbranched alkanes of at least 4 members (excludes halogenated alkanes) is 3. The van der Waals surface area contributed by atoms with Crippen LogP contribution < -0.4 is 15.4 Å². The molecule has 3 heterocycles. The molecular formula is C42H59N7O6. The molecule has 0 saturated carbocycles. The van der Waals surface area contributed by atoms with Crippen molar-refractivity contribution in [2.24, 2.45) is 0 Å². The molecule has 0 unspecified atom stereocenters. The molecule has 5 rings (SSSR count). The Kier molecular flexibility index (Phi) is 17.2. The summed E-state index contributed by atoms with van der Waals surface area (Å²) in [4.78, 5) is 22.5. The first-order chi connectivity index (χ1) is 26.9. The first-order valence-electron chi connectivity index (χ1n) is 19.6. The Bertz CT molecular complexity index is 1660. The summed E-state index contributed by atoms with van der Waals surface area (Å²) in [5.74, 6) is 2.22. The molecule has 0 aliphatic carbocycles. The van der Waals surface area contributed by atoms with Crippen LogP contribution in [0.3, 0.4) is 0 Å². The Morgan fingerprint density at radius 2 is 1.49 bits per heavy atom. The maximum absolute atomic E-state index is 11.0. The van der Waals surface area contributed by atoms with Crippen LogP contribution in [-0.2, 0) is 29.3 Å². The van der Waals surface area contributed by atoms with Gasteiger partial charge in [0.2, 0.25) is 0 Å². The molecule has 55 heavy (non-hydrogen) atoms. The Morgan fingerprint density at radius 1 is 0.836 bits per heavy atom. The number of H-pyrrole nitrogens is 1. The summed E-state index contributed by atoms with van der Waals surface area (Å²) < 4.78 is 27.3. The Labute approximate surface area is 325 Å². The van der Waals surface area contributed by atoms with Crippen LogP contribution in [0.4, 0.5) is 11.4 Å². The van der Waals surface area contributed by atoms with E-state index in [1.165, 1.54) is 12.7 Å². The monoisotopic (exact) mass is 757 g/mol. The molecule has 13 heteroatoms. The molecule has 1 fully saturated rings. The van der Waals surface area contributed by atoms with Crippen LogP contribution >= 0.6 is 0 Å². The molecule has 4 aromatic rings. The summed E-state index contributed by atoms with van der Waals surface area (Å²) in [6.07, 6.45) is 10.6. The van der Waals surface area contributed by atoms with Gasteiger partial charge in [-0.15, -0.1) is 0 Å². The van der Waals surface area contributed by atoms with Gasteiger partial charge in [0.15, 0.2) is 11.6 Å². The molecule has 2 aromatic carbocycles. The van der Waals surface area contributed by atoms with Crippen molar-refractivity contribution in [1.82, 2.24) is 25.1 Å².